The fraction of sp³-hybridized carbons (Fsp3) is 0.375. The molecule has 260 valence electrons. The number of benzene rings is 4. The van der Waals surface area contributed by atoms with Crippen LogP contribution >= 0.6 is 0 Å². The Morgan fingerprint density at radius 3 is 1.74 bits per heavy atom. The van der Waals surface area contributed by atoms with Gasteiger partial charge < -0.3 is 28.4 Å². The van der Waals surface area contributed by atoms with E-state index in [9.17, 15) is 10.3 Å². The zero-order valence-electron chi connectivity index (χ0n) is 28.1. The lowest BCUT2D eigenvalue weighted by atomic mass is 9.89. The second kappa shape index (κ2) is 17.9. The lowest BCUT2D eigenvalue weighted by Crippen LogP contribution is -2.62. The Kier molecular flexibility index (Phi) is 12.6. The Hall–Kier alpha value is -4.54. The van der Waals surface area contributed by atoms with Crippen LogP contribution in [0.5, 0.6) is 0 Å². The maximum atomic E-state index is 13.2. The summed E-state index contributed by atoms with van der Waals surface area (Å²) in [6.45, 7) is 2.84. The van der Waals surface area contributed by atoms with E-state index in [1.54, 1.807) is 24.3 Å². The number of hydrogen-bond acceptors (Lipinski definition) is 8. The molecule has 0 aromatic heterocycles. The molecule has 4 aromatic rings. The van der Waals surface area contributed by atoms with Crippen molar-refractivity contribution in [1.29, 1.82) is 0 Å². The van der Waals surface area contributed by atoms with Crippen LogP contribution in [0.25, 0.3) is 10.4 Å². The first-order valence-electron chi connectivity index (χ1n) is 17.2. The van der Waals surface area contributed by atoms with Gasteiger partial charge in [0.25, 0.3) is 0 Å². The lowest BCUT2D eigenvalue weighted by Gasteiger charge is -2.47. The Morgan fingerprint density at radius 2 is 1.20 bits per heavy atom. The Labute approximate surface area is 292 Å². The Balaban J connectivity index is 1.30. The molecule has 0 spiro atoms. The number of esters is 1. The maximum Gasteiger partial charge on any atom is 0.338 e. The zero-order chi connectivity index (χ0) is 34.5. The van der Waals surface area contributed by atoms with Gasteiger partial charge in [-0.1, -0.05) is 114 Å². The Morgan fingerprint density at radius 1 is 0.700 bits per heavy atom. The van der Waals surface area contributed by atoms with Crippen LogP contribution in [0.15, 0.2) is 126 Å². The van der Waals surface area contributed by atoms with Gasteiger partial charge in [0.05, 0.1) is 37.5 Å². The van der Waals surface area contributed by atoms with Gasteiger partial charge in [0.15, 0.2) is 6.29 Å². The molecule has 2 aliphatic rings. The summed E-state index contributed by atoms with van der Waals surface area (Å²) in [6, 6.07) is 37.9. The van der Waals surface area contributed by atoms with Crippen molar-refractivity contribution in [3.05, 3.63) is 154 Å². The summed E-state index contributed by atoms with van der Waals surface area (Å²) in [4.78, 5) is 16.3. The van der Waals surface area contributed by atoms with Crippen molar-refractivity contribution < 1.29 is 33.2 Å². The highest BCUT2D eigenvalue weighted by atomic mass is 16.7. The van der Waals surface area contributed by atoms with Gasteiger partial charge in [-0.2, -0.15) is 0 Å². The summed E-state index contributed by atoms with van der Waals surface area (Å²) >= 11 is 0. The monoisotopic (exact) mass is 677 g/mol. The summed E-state index contributed by atoms with van der Waals surface area (Å²) in [5, 5.41) is 4.08. The normalized spacial score (nSPS) is 26.4. The van der Waals surface area contributed by atoms with Crippen LogP contribution in [0, 0.1) is 0 Å². The van der Waals surface area contributed by atoms with E-state index in [0.29, 0.717) is 38.0 Å². The number of ether oxygens (including phenoxy) is 6. The predicted octanol–water partition coefficient (Wildman–Crippen LogP) is 7.96. The van der Waals surface area contributed by atoms with Crippen LogP contribution in [0.2, 0.25) is 0 Å². The molecule has 1 saturated heterocycles. The molecule has 2 fully saturated rings. The van der Waals surface area contributed by atoms with E-state index in [-0.39, 0.29) is 6.61 Å². The van der Waals surface area contributed by atoms with E-state index >= 15 is 0 Å². The molecule has 10 heteroatoms. The van der Waals surface area contributed by atoms with E-state index in [0.717, 1.165) is 16.7 Å². The number of azide groups is 1. The third-order valence-corrected chi connectivity index (χ3v) is 9.08. The number of hydrogen-bond donors (Lipinski definition) is 0. The number of nitrogens with zero attached hydrogens (tertiary/aromatic N) is 3. The van der Waals surface area contributed by atoms with Crippen LogP contribution in [0.4, 0.5) is 0 Å². The van der Waals surface area contributed by atoms with Gasteiger partial charge in [0, 0.05) is 4.91 Å². The Bertz CT molecular complexity index is 1660. The largest absolute Gasteiger partial charge is 0.456 e. The molecular weight excluding hydrogens is 634 g/mol. The van der Waals surface area contributed by atoms with Crippen molar-refractivity contribution in [2.45, 2.75) is 95.0 Å². The lowest BCUT2D eigenvalue weighted by molar-refractivity contribution is -0.335. The summed E-state index contributed by atoms with van der Waals surface area (Å²) in [5.41, 5.74) is 12.9. The highest BCUT2D eigenvalue weighted by molar-refractivity contribution is 5.89. The molecule has 5 unspecified atom stereocenters. The summed E-state index contributed by atoms with van der Waals surface area (Å²) in [7, 11) is 0. The minimum atomic E-state index is -0.969. The maximum absolute atomic E-state index is 13.2. The number of rotatable bonds is 14. The third kappa shape index (κ3) is 9.37. The first-order chi connectivity index (χ1) is 24.6. The number of carbonyl (C=O) groups excluding carboxylic acids is 1. The van der Waals surface area contributed by atoms with Crippen molar-refractivity contribution >= 4 is 5.97 Å². The first-order valence-corrected chi connectivity index (χ1v) is 17.2. The molecule has 1 aliphatic carbocycles. The average Bonchev–Trinajstić information content (AvgIpc) is 3.16. The van der Waals surface area contributed by atoms with Crippen molar-refractivity contribution in [2.24, 2.45) is 5.11 Å². The molecule has 10 nitrogen and oxygen atoms in total. The second-order valence-corrected chi connectivity index (χ2v) is 12.6. The molecule has 0 amide bonds. The number of carbonyl (C=O) groups is 1. The highest BCUT2D eigenvalue weighted by Crippen LogP contribution is 2.35. The molecule has 1 aliphatic heterocycles. The minimum absolute atomic E-state index is 0.260. The summed E-state index contributed by atoms with van der Waals surface area (Å²) in [5.74, 6) is -0.473. The van der Waals surface area contributed by atoms with E-state index < -0.39 is 54.9 Å². The van der Waals surface area contributed by atoms with Gasteiger partial charge in [0.1, 0.15) is 30.5 Å². The van der Waals surface area contributed by atoms with Crippen LogP contribution < -0.4 is 0 Å². The predicted molar refractivity (Wildman–Crippen MR) is 187 cm³/mol. The van der Waals surface area contributed by atoms with Gasteiger partial charge in [-0.05, 0) is 60.5 Å². The fourth-order valence-electron chi connectivity index (χ4n) is 6.51. The van der Waals surface area contributed by atoms with E-state index in [1.165, 1.54) is 0 Å². The van der Waals surface area contributed by atoms with Gasteiger partial charge in [-0.3, -0.25) is 0 Å². The van der Waals surface area contributed by atoms with Crippen LogP contribution in [0.1, 0.15) is 53.2 Å². The molecular formula is C40H43N3O7. The van der Waals surface area contributed by atoms with Crippen molar-refractivity contribution in [2.75, 3.05) is 0 Å². The second-order valence-electron chi connectivity index (χ2n) is 12.6. The quantitative estimate of drug-likeness (QED) is 0.0575. The molecule has 0 bridgehead atoms. The molecule has 1 saturated carbocycles. The standard InChI is InChI=1S/C40H43N3O7/c1-28-35(45-25-29-15-6-2-7-16-29)37(46-26-30-17-8-3-9-18-30)38(47-27-31-19-10-4-11-20-31)40(48-28)50-36-33(42-43-41)23-14-24-34(36)49-39(44)32-21-12-5-13-22-32/h2-13,15-22,28,33-38,40H,14,23-27H2,1H3/t28?,33?,34-,35-,36?,37?,38?,40+/m1/s1. The summed E-state index contributed by atoms with van der Waals surface area (Å²) < 4.78 is 39.4. The highest BCUT2D eigenvalue weighted by Gasteiger charge is 2.50. The topological polar surface area (TPSA) is 121 Å². The van der Waals surface area contributed by atoms with Gasteiger partial charge in [0.2, 0.25) is 0 Å². The third-order valence-electron chi connectivity index (χ3n) is 9.08. The molecule has 1 heterocycles. The van der Waals surface area contributed by atoms with E-state index in [1.807, 2.05) is 104 Å². The van der Waals surface area contributed by atoms with E-state index in [2.05, 4.69) is 10.0 Å². The SMILES string of the molecule is CC1O[C@@H](OC2C(N=[N+]=[N-])CCC[C@H]2OC(=O)c2ccccc2)C(OCc2ccccc2)C(OCc2ccccc2)[C@@H]1OCc1ccccc1. The van der Waals surface area contributed by atoms with Gasteiger partial charge in [-0.25, -0.2) is 4.79 Å². The van der Waals surface area contributed by atoms with Gasteiger partial charge in [-0.15, -0.1) is 0 Å². The molecule has 8 atom stereocenters. The van der Waals surface area contributed by atoms with Crippen LogP contribution in [-0.2, 0) is 48.2 Å². The minimum Gasteiger partial charge on any atom is -0.456 e. The molecule has 4 aromatic carbocycles. The molecule has 0 N–H and O–H groups in total. The summed E-state index contributed by atoms with van der Waals surface area (Å²) in [6.07, 6.45) is -3.03. The average molecular weight is 678 g/mol. The van der Waals surface area contributed by atoms with E-state index in [4.69, 9.17) is 28.4 Å². The van der Waals surface area contributed by atoms with Crippen molar-refractivity contribution in [1.82, 2.24) is 0 Å². The first kappa shape index (κ1) is 35.3. The van der Waals surface area contributed by atoms with Crippen LogP contribution in [-0.4, -0.2) is 54.9 Å². The molecule has 6 rings (SSSR count). The zero-order valence-corrected chi connectivity index (χ0v) is 28.1. The smallest absolute Gasteiger partial charge is 0.338 e. The fourth-order valence-corrected chi connectivity index (χ4v) is 6.51. The van der Waals surface area contributed by atoms with Crippen molar-refractivity contribution in [3.8, 4) is 0 Å². The van der Waals surface area contributed by atoms with Crippen molar-refractivity contribution in [3.63, 3.8) is 0 Å². The van der Waals surface area contributed by atoms with Crippen LogP contribution in [0.3, 0.4) is 0 Å². The molecule has 0 radical (unpaired) electrons. The van der Waals surface area contributed by atoms with Gasteiger partial charge >= 0.3 is 5.97 Å². The molecule has 50 heavy (non-hydrogen) atoms.